The molecule has 6 heteroatoms. The first kappa shape index (κ1) is 13.5. The van der Waals surface area contributed by atoms with Crippen molar-refractivity contribution in [2.45, 2.75) is 26.3 Å². The molecule has 0 aliphatic heterocycles. The van der Waals surface area contributed by atoms with E-state index >= 15 is 0 Å². The molecule has 0 N–H and O–H groups in total. The van der Waals surface area contributed by atoms with E-state index in [9.17, 15) is 0 Å². The van der Waals surface area contributed by atoms with Gasteiger partial charge in [0.05, 0.1) is 6.04 Å². The predicted octanol–water partition coefficient (Wildman–Crippen LogP) is 2.28. The highest BCUT2D eigenvalue weighted by Crippen LogP contribution is 2.25. The second-order valence-electron chi connectivity index (χ2n) is 5.00. The smallest absolute Gasteiger partial charge is 0.254 e. The van der Waals surface area contributed by atoms with E-state index in [1.807, 2.05) is 19.3 Å². The van der Waals surface area contributed by atoms with Crippen molar-refractivity contribution in [2.75, 3.05) is 11.9 Å². The van der Waals surface area contributed by atoms with E-state index in [2.05, 4.69) is 50.9 Å². The number of pyridine rings is 1. The molecule has 3 aromatic heterocycles. The molecular formula is C15H18N6. The molecule has 0 saturated heterocycles. The SMILES string of the molecule is CCc1cc(N(C)C(C)c2cccnc2)n2ncnc2n1. The summed E-state index contributed by atoms with van der Waals surface area (Å²) in [5, 5.41) is 4.28. The van der Waals surface area contributed by atoms with Crippen molar-refractivity contribution in [2.24, 2.45) is 0 Å². The fourth-order valence-electron chi connectivity index (χ4n) is 2.32. The van der Waals surface area contributed by atoms with Crippen LogP contribution in [0.2, 0.25) is 0 Å². The summed E-state index contributed by atoms with van der Waals surface area (Å²) in [5.41, 5.74) is 2.17. The van der Waals surface area contributed by atoms with Crippen LogP contribution in [0.1, 0.15) is 31.1 Å². The Morgan fingerprint density at radius 3 is 2.95 bits per heavy atom. The number of hydrogen-bond donors (Lipinski definition) is 0. The number of aromatic nitrogens is 5. The van der Waals surface area contributed by atoms with Gasteiger partial charge in [0.2, 0.25) is 0 Å². The van der Waals surface area contributed by atoms with Gasteiger partial charge >= 0.3 is 0 Å². The molecule has 3 rings (SSSR count). The molecule has 1 unspecified atom stereocenters. The third kappa shape index (κ3) is 2.44. The molecule has 108 valence electrons. The van der Waals surface area contributed by atoms with Crippen LogP contribution in [0.15, 0.2) is 36.9 Å². The Kier molecular flexibility index (Phi) is 3.51. The van der Waals surface area contributed by atoms with E-state index in [1.165, 1.54) is 6.33 Å². The summed E-state index contributed by atoms with van der Waals surface area (Å²) in [6.07, 6.45) is 6.08. The van der Waals surface area contributed by atoms with Crippen LogP contribution >= 0.6 is 0 Å². The van der Waals surface area contributed by atoms with Gasteiger partial charge in [0.1, 0.15) is 12.1 Å². The van der Waals surface area contributed by atoms with Crippen LogP contribution in [0.4, 0.5) is 5.82 Å². The molecule has 0 spiro atoms. The minimum absolute atomic E-state index is 0.179. The van der Waals surface area contributed by atoms with Crippen LogP contribution in [-0.2, 0) is 6.42 Å². The largest absolute Gasteiger partial charge is 0.353 e. The van der Waals surface area contributed by atoms with Gasteiger partial charge in [-0.1, -0.05) is 13.0 Å². The van der Waals surface area contributed by atoms with Crippen LogP contribution in [0.25, 0.3) is 5.78 Å². The maximum Gasteiger partial charge on any atom is 0.254 e. The van der Waals surface area contributed by atoms with Gasteiger partial charge in [-0.3, -0.25) is 4.98 Å². The average Bonchev–Trinajstić information content (AvgIpc) is 3.01. The van der Waals surface area contributed by atoms with Gasteiger partial charge in [0, 0.05) is 31.2 Å². The van der Waals surface area contributed by atoms with Gasteiger partial charge in [-0.15, -0.1) is 0 Å². The van der Waals surface area contributed by atoms with Crippen molar-refractivity contribution in [3.63, 3.8) is 0 Å². The summed E-state index contributed by atoms with van der Waals surface area (Å²) in [6, 6.07) is 6.27. The number of aryl methyl sites for hydroxylation is 1. The van der Waals surface area contributed by atoms with Gasteiger partial charge in [-0.25, -0.2) is 4.98 Å². The monoisotopic (exact) mass is 282 g/mol. The summed E-state index contributed by atoms with van der Waals surface area (Å²) in [7, 11) is 2.05. The lowest BCUT2D eigenvalue weighted by Gasteiger charge is -2.27. The molecule has 0 aliphatic rings. The normalized spacial score (nSPS) is 12.5. The van der Waals surface area contributed by atoms with Crippen LogP contribution in [0.5, 0.6) is 0 Å². The van der Waals surface area contributed by atoms with Crippen molar-refractivity contribution in [3.05, 3.63) is 48.2 Å². The van der Waals surface area contributed by atoms with Crippen LogP contribution < -0.4 is 4.90 Å². The first-order valence-corrected chi connectivity index (χ1v) is 7.03. The summed E-state index contributed by atoms with van der Waals surface area (Å²) >= 11 is 0. The molecule has 3 aromatic rings. The summed E-state index contributed by atoms with van der Waals surface area (Å²) in [5.74, 6) is 1.61. The minimum Gasteiger partial charge on any atom is -0.353 e. The highest BCUT2D eigenvalue weighted by atomic mass is 15.4. The molecule has 0 radical (unpaired) electrons. The molecule has 0 aliphatic carbocycles. The second kappa shape index (κ2) is 5.47. The van der Waals surface area contributed by atoms with Crippen molar-refractivity contribution in [3.8, 4) is 0 Å². The zero-order chi connectivity index (χ0) is 14.8. The van der Waals surface area contributed by atoms with Crippen LogP contribution in [0.3, 0.4) is 0 Å². The molecule has 0 amide bonds. The number of hydrogen-bond acceptors (Lipinski definition) is 5. The van der Waals surface area contributed by atoms with Crippen molar-refractivity contribution in [1.29, 1.82) is 0 Å². The zero-order valence-corrected chi connectivity index (χ0v) is 12.4. The van der Waals surface area contributed by atoms with Gasteiger partial charge in [-0.05, 0) is 25.0 Å². The second-order valence-corrected chi connectivity index (χ2v) is 5.00. The molecule has 0 bridgehead atoms. The first-order chi connectivity index (χ1) is 10.2. The Labute approximate surface area is 123 Å². The lowest BCUT2D eigenvalue weighted by atomic mass is 10.1. The average molecular weight is 282 g/mol. The first-order valence-electron chi connectivity index (χ1n) is 7.03. The Hall–Kier alpha value is -2.50. The summed E-state index contributed by atoms with van der Waals surface area (Å²) in [4.78, 5) is 15.0. The topological polar surface area (TPSA) is 59.2 Å². The lowest BCUT2D eigenvalue weighted by Crippen LogP contribution is -2.24. The molecule has 0 fully saturated rings. The van der Waals surface area contributed by atoms with E-state index in [4.69, 9.17) is 0 Å². The summed E-state index contributed by atoms with van der Waals surface area (Å²) < 4.78 is 1.77. The van der Waals surface area contributed by atoms with Crippen molar-refractivity contribution in [1.82, 2.24) is 24.6 Å². The molecule has 6 nitrogen and oxygen atoms in total. The Morgan fingerprint density at radius 2 is 2.24 bits per heavy atom. The maximum atomic E-state index is 4.48. The van der Waals surface area contributed by atoms with Gasteiger partial charge in [-0.2, -0.15) is 14.6 Å². The van der Waals surface area contributed by atoms with Gasteiger partial charge in [0.25, 0.3) is 5.78 Å². The Morgan fingerprint density at radius 1 is 1.38 bits per heavy atom. The number of anilines is 1. The van der Waals surface area contributed by atoms with Crippen LogP contribution in [0, 0.1) is 0 Å². The highest BCUT2D eigenvalue weighted by Gasteiger charge is 2.17. The fraction of sp³-hybridized carbons (Fsp3) is 0.333. The number of fused-ring (bicyclic) bond motifs is 1. The van der Waals surface area contributed by atoms with Gasteiger partial charge < -0.3 is 4.90 Å². The Bertz CT molecular complexity index is 736. The van der Waals surface area contributed by atoms with Crippen LogP contribution in [-0.4, -0.2) is 31.6 Å². The maximum absolute atomic E-state index is 4.48. The molecule has 3 heterocycles. The van der Waals surface area contributed by atoms with E-state index in [0.717, 1.165) is 23.5 Å². The van der Waals surface area contributed by atoms with E-state index in [1.54, 1.807) is 10.7 Å². The Balaban J connectivity index is 2.04. The predicted molar refractivity (Wildman–Crippen MR) is 81.2 cm³/mol. The van der Waals surface area contributed by atoms with E-state index < -0.39 is 0 Å². The van der Waals surface area contributed by atoms with E-state index in [0.29, 0.717) is 5.78 Å². The molecule has 0 aromatic carbocycles. The van der Waals surface area contributed by atoms with E-state index in [-0.39, 0.29) is 6.04 Å². The quantitative estimate of drug-likeness (QED) is 0.734. The number of rotatable bonds is 4. The highest BCUT2D eigenvalue weighted by molar-refractivity contribution is 5.48. The van der Waals surface area contributed by atoms with Crippen molar-refractivity contribution < 1.29 is 0 Å². The third-order valence-electron chi connectivity index (χ3n) is 3.76. The van der Waals surface area contributed by atoms with Gasteiger partial charge in [0.15, 0.2) is 0 Å². The molecule has 21 heavy (non-hydrogen) atoms. The molecule has 1 atom stereocenters. The molecular weight excluding hydrogens is 264 g/mol. The zero-order valence-electron chi connectivity index (χ0n) is 12.4. The summed E-state index contributed by atoms with van der Waals surface area (Å²) in [6.45, 7) is 4.23. The fourth-order valence-corrected chi connectivity index (χ4v) is 2.32. The standard InChI is InChI=1S/C15H18N6/c1-4-13-8-14(21-15(19-13)17-10-18-21)20(3)11(2)12-6-5-7-16-9-12/h5-11H,4H2,1-3H3. The molecule has 0 saturated carbocycles. The van der Waals surface area contributed by atoms with Crippen molar-refractivity contribution >= 4 is 11.6 Å². The third-order valence-corrected chi connectivity index (χ3v) is 3.76. The lowest BCUT2D eigenvalue weighted by molar-refractivity contribution is 0.704. The number of nitrogens with zero attached hydrogens (tertiary/aromatic N) is 6. The minimum atomic E-state index is 0.179.